The Morgan fingerprint density at radius 1 is 1.12 bits per heavy atom. The zero-order chi connectivity index (χ0) is 17.5. The fourth-order valence-corrected chi connectivity index (χ4v) is 1.89. The highest BCUT2D eigenvalue weighted by molar-refractivity contribution is 5.90. The number of alkyl halides is 3. The van der Waals surface area contributed by atoms with E-state index in [4.69, 9.17) is 11.5 Å². The number of unbranched alkanes of at least 4 members (excludes halogenated alkanes) is 1. The molecule has 0 aromatic heterocycles. The van der Waals surface area contributed by atoms with Gasteiger partial charge in [-0.25, -0.2) is 4.79 Å². The number of nitrogens with one attached hydrogen (secondary N) is 2. The van der Waals surface area contributed by atoms with Crippen LogP contribution >= 0.6 is 12.4 Å². The molecule has 1 aromatic rings. The van der Waals surface area contributed by atoms with Crippen molar-refractivity contribution in [3.8, 4) is 0 Å². The zero-order valence-corrected chi connectivity index (χ0v) is 13.6. The Morgan fingerprint density at radius 3 is 2.33 bits per heavy atom. The summed E-state index contributed by atoms with van der Waals surface area (Å²) in [5.74, 6) is -0.411. The summed E-state index contributed by atoms with van der Waals surface area (Å²) in [4.78, 5) is 22.2. The van der Waals surface area contributed by atoms with Crippen LogP contribution in [-0.2, 0) is 17.5 Å². The van der Waals surface area contributed by atoms with Gasteiger partial charge in [0.05, 0.1) is 5.56 Å². The van der Waals surface area contributed by atoms with Crippen molar-refractivity contribution >= 4 is 30.0 Å². The van der Waals surface area contributed by atoms with Gasteiger partial charge in [0.15, 0.2) is 0 Å². The molecule has 0 unspecified atom stereocenters. The Hall–Kier alpha value is -2.00. The monoisotopic (exact) mass is 368 g/mol. The van der Waals surface area contributed by atoms with E-state index in [1.165, 1.54) is 6.07 Å². The minimum atomic E-state index is -4.51. The molecular weight excluding hydrogens is 349 g/mol. The third-order valence-corrected chi connectivity index (χ3v) is 2.97. The second kappa shape index (κ2) is 9.99. The molecular formula is C14H20ClF3N4O2. The van der Waals surface area contributed by atoms with E-state index >= 15 is 0 Å². The first kappa shape index (κ1) is 22.0. The maximum absolute atomic E-state index is 12.8. The Morgan fingerprint density at radius 2 is 1.79 bits per heavy atom. The molecule has 0 saturated heterocycles. The van der Waals surface area contributed by atoms with Crippen LogP contribution in [0.25, 0.3) is 0 Å². The van der Waals surface area contributed by atoms with Gasteiger partial charge in [-0.2, -0.15) is 13.2 Å². The first-order valence-corrected chi connectivity index (χ1v) is 6.96. The van der Waals surface area contributed by atoms with Gasteiger partial charge in [0.1, 0.15) is 0 Å². The van der Waals surface area contributed by atoms with E-state index < -0.39 is 23.7 Å². The number of halogens is 4. The van der Waals surface area contributed by atoms with Crippen molar-refractivity contribution in [2.24, 2.45) is 11.5 Å². The number of benzene rings is 1. The van der Waals surface area contributed by atoms with Gasteiger partial charge >= 0.3 is 12.2 Å². The van der Waals surface area contributed by atoms with Crippen LogP contribution in [0.1, 0.15) is 30.4 Å². The predicted octanol–water partition coefficient (Wildman–Crippen LogP) is 2.36. The molecule has 1 rings (SSSR count). The maximum atomic E-state index is 12.8. The van der Waals surface area contributed by atoms with Crippen LogP contribution in [0.3, 0.4) is 0 Å². The number of anilines is 1. The number of primary amides is 1. The molecule has 24 heavy (non-hydrogen) atoms. The lowest BCUT2D eigenvalue weighted by Crippen LogP contribution is -2.30. The molecule has 0 heterocycles. The highest BCUT2D eigenvalue weighted by Crippen LogP contribution is 2.32. The molecule has 0 spiro atoms. The summed E-state index contributed by atoms with van der Waals surface area (Å²) in [5.41, 5.74) is 9.73. The quantitative estimate of drug-likeness (QED) is 0.554. The molecule has 0 radical (unpaired) electrons. The van der Waals surface area contributed by atoms with Crippen molar-refractivity contribution in [3.05, 3.63) is 29.3 Å². The van der Waals surface area contributed by atoms with Crippen molar-refractivity contribution < 1.29 is 22.8 Å². The van der Waals surface area contributed by atoms with Gasteiger partial charge in [-0.05, 0) is 36.6 Å². The largest absolute Gasteiger partial charge is 0.416 e. The average molecular weight is 369 g/mol. The summed E-state index contributed by atoms with van der Waals surface area (Å²) in [6, 6.07) is 2.58. The first-order valence-electron chi connectivity index (χ1n) is 6.96. The summed E-state index contributed by atoms with van der Waals surface area (Å²) < 4.78 is 38.3. The van der Waals surface area contributed by atoms with Crippen LogP contribution in [0.5, 0.6) is 0 Å². The van der Waals surface area contributed by atoms with E-state index in [0.29, 0.717) is 19.4 Å². The molecule has 0 aliphatic carbocycles. The molecule has 0 aliphatic heterocycles. The fraction of sp³-hybridized carbons (Fsp3) is 0.429. The Labute approximate surface area is 143 Å². The topological polar surface area (TPSA) is 110 Å². The summed E-state index contributed by atoms with van der Waals surface area (Å²) in [6.07, 6.45) is -3.39. The van der Waals surface area contributed by atoms with Gasteiger partial charge in [0.25, 0.3) is 0 Å². The number of hydrogen-bond acceptors (Lipinski definition) is 3. The third-order valence-electron chi connectivity index (χ3n) is 2.97. The average Bonchev–Trinajstić information content (AvgIpc) is 2.45. The number of carbonyl (C=O) groups excluding carboxylic acids is 2. The SMILES string of the molecule is Cl.NCc1cc(NC(=O)CCCCNC(N)=O)cc(C(F)(F)F)c1. The Kier molecular flexibility index (Phi) is 9.16. The van der Waals surface area contributed by atoms with E-state index in [1.807, 2.05) is 0 Å². The van der Waals surface area contributed by atoms with Gasteiger partial charge in [0.2, 0.25) is 5.91 Å². The first-order chi connectivity index (χ1) is 10.7. The Balaban J connectivity index is 0.00000529. The number of carbonyl (C=O) groups is 2. The maximum Gasteiger partial charge on any atom is 0.416 e. The van der Waals surface area contributed by atoms with Crippen molar-refractivity contribution in [1.82, 2.24) is 5.32 Å². The summed E-state index contributed by atoms with van der Waals surface area (Å²) in [6.45, 7) is 0.273. The molecule has 0 saturated carbocycles. The van der Waals surface area contributed by atoms with E-state index in [2.05, 4.69) is 10.6 Å². The van der Waals surface area contributed by atoms with Crippen LogP contribution in [0.2, 0.25) is 0 Å². The number of amides is 3. The standard InChI is InChI=1S/C14H19F3N4O2.ClH/c15-14(16,17)10-5-9(8-18)6-11(7-10)21-12(22)3-1-2-4-20-13(19)23;/h5-7H,1-4,8,18H2,(H,21,22)(H3,19,20,23);1H. The van der Waals surface area contributed by atoms with E-state index in [9.17, 15) is 22.8 Å². The van der Waals surface area contributed by atoms with Crippen LogP contribution < -0.4 is 22.1 Å². The normalized spacial score (nSPS) is 10.7. The van der Waals surface area contributed by atoms with Crippen LogP contribution in [-0.4, -0.2) is 18.5 Å². The fourth-order valence-electron chi connectivity index (χ4n) is 1.89. The number of hydrogen-bond donors (Lipinski definition) is 4. The number of rotatable bonds is 7. The smallest absolute Gasteiger partial charge is 0.352 e. The van der Waals surface area contributed by atoms with E-state index in [0.717, 1.165) is 12.1 Å². The second-order valence-corrected chi connectivity index (χ2v) is 4.92. The molecule has 0 bridgehead atoms. The van der Waals surface area contributed by atoms with Gasteiger partial charge in [-0.3, -0.25) is 4.79 Å². The van der Waals surface area contributed by atoms with Crippen molar-refractivity contribution in [2.75, 3.05) is 11.9 Å². The lowest BCUT2D eigenvalue weighted by atomic mass is 10.1. The van der Waals surface area contributed by atoms with E-state index in [-0.39, 0.29) is 36.6 Å². The zero-order valence-electron chi connectivity index (χ0n) is 12.8. The molecule has 10 heteroatoms. The molecule has 6 nitrogen and oxygen atoms in total. The van der Waals surface area contributed by atoms with Crippen molar-refractivity contribution in [2.45, 2.75) is 32.0 Å². The van der Waals surface area contributed by atoms with Gasteiger partial charge in [-0.1, -0.05) is 0 Å². The summed E-state index contributed by atoms with van der Waals surface area (Å²) in [5, 5.41) is 4.80. The van der Waals surface area contributed by atoms with Gasteiger partial charge < -0.3 is 22.1 Å². The molecule has 0 aliphatic rings. The highest BCUT2D eigenvalue weighted by Gasteiger charge is 2.31. The second-order valence-electron chi connectivity index (χ2n) is 4.92. The molecule has 0 atom stereocenters. The van der Waals surface area contributed by atoms with Gasteiger partial charge in [0, 0.05) is 25.2 Å². The predicted molar refractivity (Wildman–Crippen MR) is 86.7 cm³/mol. The molecule has 0 fully saturated rings. The lowest BCUT2D eigenvalue weighted by molar-refractivity contribution is -0.137. The summed E-state index contributed by atoms with van der Waals surface area (Å²) >= 11 is 0. The minimum absolute atomic E-state index is 0. The lowest BCUT2D eigenvalue weighted by Gasteiger charge is -2.12. The minimum Gasteiger partial charge on any atom is -0.352 e. The van der Waals surface area contributed by atoms with Gasteiger partial charge in [-0.15, -0.1) is 12.4 Å². The molecule has 6 N–H and O–H groups in total. The summed E-state index contributed by atoms with van der Waals surface area (Å²) in [7, 11) is 0. The van der Waals surface area contributed by atoms with Crippen LogP contribution in [0.4, 0.5) is 23.7 Å². The third kappa shape index (κ3) is 8.02. The molecule has 136 valence electrons. The van der Waals surface area contributed by atoms with Crippen molar-refractivity contribution in [3.63, 3.8) is 0 Å². The van der Waals surface area contributed by atoms with Crippen LogP contribution in [0, 0.1) is 0 Å². The van der Waals surface area contributed by atoms with Crippen molar-refractivity contribution in [1.29, 1.82) is 0 Å². The Bertz CT molecular complexity index is 567. The number of nitrogens with two attached hydrogens (primary N) is 2. The number of urea groups is 1. The van der Waals surface area contributed by atoms with Crippen LogP contribution in [0.15, 0.2) is 18.2 Å². The molecule has 3 amide bonds. The van der Waals surface area contributed by atoms with E-state index in [1.54, 1.807) is 0 Å². The highest BCUT2D eigenvalue weighted by atomic mass is 35.5. The molecule has 1 aromatic carbocycles.